The van der Waals surface area contributed by atoms with Crippen molar-refractivity contribution >= 4 is 0 Å². The highest BCUT2D eigenvalue weighted by Gasteiger charge is 2.05. The van der Waals surface area contributed by atoms with Crippen LogP contribution < -0.4 is 5.32 Å². The SMILES string of the molecule is CCCN[C@@H](CO)Cc1ccccc1. The third kappa shape index (κ3) is 3.90. The molecule has 0 aliphatic heterocycles. The van der Waals surface area contributed by atoms with E-state index in [4.69, 9.17) is 5.11 Å². The van der Waals surface area contributed by atoms with Crippen LogP contribution in [0.3, 0.4) is 0 Å². The summed E-state index contributed by atoms with van der Waals surface area (Å²) in [7, 11) is 0. The molecule has 0 aliphatic carbocycles. The van der Waals surface area contributed by atoms with E-state index in [1.54, 1.807) is 0 Å². The van der Waals surface area contributed by atoms with Gasteiger partial charge in [-0.15, -0.1) is 0 Å². The monoisotopic (exact) mass is 193 g/mol. The zero-order valence-corrected chi connectivity index (χ0v) is 8.74. The molecule has 0 bridgehead atoms. The van der Waals surface area contributed by atoms with Crippen molar-refractivity contribution in [3.05, 3.63) is 35.9 Å². The lowest BCUT2D eigenvalue weighted by atomic mass is 10.1. The van der Waals surface area contributed by atoms with E-state index in [0.29, 0.717) is 0 Å². The maximum atomic E-state index is 9.15. The Balaban J connectivity index is 2.40. The Morgan fingerprint density at radius 1 is 1.29 bits per heavy atom. The molecule has 2 nitrogen and oxygen atoms in total. The fourth-order valence-electron chi connectivity index (χ4n) is 1.45. The second kappa shape index (κ2) is 6.57. The van der Waals surface area contributed by atoms with Crippen LogP contribution in [-0.4, -0.2) is 24.3 Å². The van der Waals surface area contributed by atoms with Crippen LogP contribution in [0.2, 0.25) is 0 Å². The van der Waals surface area contributed by atoms with E-state index < -0.39 is 0 Å². The summed E-state index contributed by atoms with van der Waals surface area (Å²) in [5.41, 5.74) is 1.27. The first kappa shape index (κ1) is 11.2. The molecule has 0 saturated heterocycles. The third-order valence-corrected chi connectivity index (χ3v) is 2.23. The molecule has 1 aromatic carbocycles. The number of rotatable bonds is 6. The predicted octanol–water partition coefficient (Wildman–Crippen LogP) is 1.59. The van der Waals surface area contributed by atoms with Crippen molar-refractivity contribution in [1.29, 1.82) is 0 Å². The van der Waals surface area contributed by atoms with Crippen LogP contribution in [0.4, 0.5) is 0 Å². The van der Waals surface area contributed by atoms with Crippen molar-refractivity contribution in [2.45, 2.75) is 25.8 Å². The van der Waals surface area contributed by atoms with Gasteiger partial charge in [0, 0.05) is 6.04 Å². The van der Waals surface area contributed by atoms with Crippen LogP contribution in [0.15, 0.2) is 30.3 Å². The minimum absolute atomic E-state index is 0.192. The van der Waals surface area contributed by atoms with Crippen LogP contribution in [0.25, 0.3) is 0 Å². The minimum Gasteiger partial charge on any atom is -0.395 e. The molecule has 1 atom stereocenters. The van der Waals surface area contributed by atoms with Gasteiger partial charge in [-0.25, -0.2) is 0 Å². The van der Waals surface area contributed by atoms with E-state index in [1.807, 2.05) is 18.2 Å². The van der Waals surface area contributed by atoms with Gasteiger partial charge < -0.3 is 10.4 Å². The van der Waals surface area contributed by atoms with E-state index in [-0.39, 0.29) is 12.6 Å². The summed E-state index contributed by atoms with van der Waals surface area (Å²) < 4.78 is 0. The predicted molar refractivity (Wildman–Crippen MR) is 59.3 cm³/mol. The lowest BCUT2D eigenvalue weighted by Gasteiger charge is -2.15. The Hall–Kier alpha value is -0.860. The molecule has 0 radical (unpaired) electrons. The molecule has 1 aromatic rings. The topological polar surface area (TPSA) is 32.3 Å². The van der Waals surface area contributed by atoms with Crippen LogP contribution in [0.5, 0.6) is 0 Å². The molecule has 0 spiro atoms. The maximum absolute atomic E-state index is 9.15. The van der Waals surface area contributed by atoms with Crippen molar-refractivity contribution < 1.29 is 5.11 Å². The van der Waals surface area contributed by atoms with E-state index in [0.717, 1.165) is 19.4 Å². The molecule has 2 N–H and O–H groups in total. The second-order valence-corrected chi connectivity index (χ2v) is 3.52. The number of hydrogen-bond donors (Lipinski definition) is 2. The summed E-state index contributed by atoms with van der Waals surface area (Å²) in [6, 6.07) is 10.5. The Bertz CT molecular complexity index is 235. The average Bonchev–Trinajstić information content (AvgIpc) is 2.25. The number of aliphatic hydroxyl groups excluding tert-OH is 1. The van der Waals surface area contributed by atoms with E-state index in [1.165, 1.54) is 5.56 Å². The van der Waals surface area contributed by atoms with Crippen molar-refractivity contribution in [1.82, 2.24) is 5.32 Å². The van der Waals surface area contributed by atoms with Crippen molar-refractivity contribution in [3.8, 4) is 0 Å². The molecule has 14 heavy (non-hydrogen) atoms. The Morgan fingerprint density at radius 3 is 2.57 bits per heavy atom. The van der Waals surface area contributed by atoms with Crippen molar-refractivity contribution in [2.75, 3.05) is 13.2 Å². The standard InChI is InChI=1S/C12H19NO/c1-2-8-13-12(10-14)9-11-6-4-3-5-7-11/h3-7,12-14H,2,8-10H2,1H3/t12-/m1/s1. The zero-order chi connectivity index (χ0) is 10.2. The van der Waals surface area contributed by atoms with Gasteiger partial charge in [0.25, 0.3) is 0 Å². The molecule has 0 saturated carbocycles. The fourth-order valence-corrected chi connectivity index (χ4v) is 1.45. The molecule has 0 aliphatic rings. The van der Waals surface area contributed by atoms with Gasteiger partial charge in [-0.1, -0.05) is 37.3 Å². The van der Waals surface area contributed by atoms with Gasteiger partial charge in [-0.05, 0) is 24.9 Å². The number of aliphatic hydroxyl groups is 1. The zero-order valence-electron chi connectivity index (χ0n) is 8.74. The average molecular weight is 193 g/mol. The van der Waals surface area contributed by atoms with E-state index >= 15 is 0 Å². The normalized spacial score (nSPS) is 12.7. The third-order valence-electron chi connectivity index (χ3n) is 2.23. The van der Waals surface area contributed by atoms with Gasteiger partial charge in [-0.3, -0.25) is 0 Å². The highest BCUT2D eigenvalue weighted by atomic mass is 16.3. The summed E-state index contributed by atoms with van der Waals surface area (Å²) in [5.74, 6) is 0. The van der Waals surface area contributed by atoms with Gasteiger partial charge in [0.2, 0.25) is 0 Å². The van der Waals surface area contributed by atoms with Crippen LogP contribution in [-0.2, 0) is 6.42 Å². The largest absolute Gasteiger partial charge is 0.395 e. The smallest absolute Gasteiger partial charge is 0.0587 e. The lowest BCUT2D eigenvalue weighted by molar-refractivity contribution is 0.242. The quantitative estimate of drug-likeness (QED) is 0.719. The number of benzene rings is 1. The first-order valence-corrected chi connectivity index (χ1v) is 5.25. The van der Waals surface area contributed by atoms with Gasteiger partial charge in [-0.2, -0.15) is 0 Å². The summed E-state index contributed by atoms with van der Waals surface area (Å²) in [5, 5.41) is 12.5. The van der Waals surface area contributed by atoms with E-state index in [9.17, 15) is 0 Å². The first-order chi connectivity index (χ1) is 6.86. The number of nitrogens with one attached hydrogen (secondary N) is 1. The summed E-state index contributed by atoms with van der Waals surface area (Å²) >= 11 is 0. The van der Waals surface area contributed by atoms with Gasteiger partial charge >= 0.3 is 0 Å². The molecule has 0 amide bonds. The molecular formula is C12H19NO. The summed E-state index contributed by atoms with van der Waals surface area (Å²) in [6.07, 6.45) is 2.00. The summed E-state index contributed by atoms with van der Waals surface area (Å²) in [4.78, 5) is 0. The molecule has 1 rings (SSSR count). The molecule has 0 heterocycles. The second-order valence-electron chi connectivity index (χ2n) is 3.52. The van der Waals surface area contributed by atoms with E-state index in [2.05, 4.69) is 24.4 Å². The Kier molecular flexibility index (Phi) is 5.27. The van der Waals surface area contributed by atoms with Crippen LogP contribution in [0, 0.1) is 0 Å². The molecule has 0 fully saturated rings. The van der Waals surface area contributed by atoms with Crippen molar-refractivity contribution in [3.63, 3.8) is 0 Å². The molecule has 0 unspecified atom stereocenters. The highest BCUT2D eigenvalue weighted by Crippen LogP contribution is 2.02. The summed E-state index contributed by atoms with van der Waals surface area (Å²) in [6.45, 7) is 3.30. The fraction of sp³-hybridized carbons (Fsp3) is 0.500. The highest BCUT2D eigenvalue weighted by molar-refractivity contribution is 5.15. The molecule has 2 heteroatoms. The minimum atomic E-state index is 0.192. The van der Waals surface area contributed by atoms with Crippen LogP contribution in [0.1, 0.15) is 18.9 Å². The van der Waals surface area contributed by atoms with Crippen LogP contribution >= 0.6 is 0 Å². The Morgan fingerprint density at radius 2 is 2.00 bits per heavy atom. The molecule has 78 valence electrons. The molecular weight excluding hydrogens is 174 g/mol. The Labute approximate surface area is 86.0 Å². The molecule has 0 aromatic heterocycles. The van der Waals surface area contributed by atoms with Gasteiger partial charge in [0.1, 0.15) is 0 Å². The van der Waals surface area contributed by atoms with Gasteiger partial charge in [0.05, 0.1) is 6.61 Å². The van der Waals surface area contributed by atoms with Crippen molar-refractivity contribution in [2.24, 2.45) is 0 Å². The first-order valence-electron chi connectivity index (χ1n) is 5.25. The lowest BCUT2D eigenvalue weighted by Crippen LogP contribution is -2.34. The number of hydrogen-bond acceptors (Lipinski definition) is 2. The maximum Gasteiger partial charge on any atom is 0.0587 e. The van der Waals surface area contributed by atoms with Gasteiger partial charge in [0.15, 0.2) is 0 Å².